The van der Waals surface area contributed by atoms with Crippen LogP contribution in [0, 0.1) is 0 Å². The number of ether oxygens (including phenoxy) is 3. The average Bonchev–Trinajstić information content (AvgIpc) is 2.76. The molecule has 0 aliphatic heterocycles. The van der Waals surface area contributed by atoms with Gasteiger partial charge < -0.3 is 19.9 Å². The van der Waals surface area contributed by atoms with Crippen LogP contribution in [0.1, 0.15) is 18.9 Å². The van der Waals surface area contributed by atoms with Gasteiger partial charge in [-0.1, -0.05) is 6.92 Å². The second-order valence-corrected chi connectivity index (χ2v) is 6.57. The van der Waals surface area contributed by atoms with Crippen molar-refractivity contribution in [1.82, 2.24) is 9.55 Å². The molecule has 3 N–H and O–H groups in total. The number of nitrogen functional groups attached to an aromatic ring is 1. The molecule has 10 nitrogen and oxygen atoms in total. The summed E-state index contributed by atoms with van der Waals surface area (Å²) in [6.45, 7) is 2.41. The Hall–Kier alpha value is -3.53. The van der Waals surface area contributed by atoms with Gasteiger partial charge in [-0.25, -0.2) is 4.79 Å². The highest BCUT2D eigenvalue weighted by Gasteiger charge is 2.22. The van der Waals surface area contributed by atoms with Crippen molar-refractivity contribution in [3.8, 4) is 11.5 Å². The van der Waals surface area contributed by atoms with Crippen LogP contribution in [0.5, 0.6) is 11.5 Å². The lowest BCUT2D eigenvalue weighted by atomic mass is 10.1. The van der Waals surface area contributed by atoms with Crippen molar-refractivity contribution in [1.29, 1.82) is 0 Å². The van der Waals surface area contributed by atoms with Crippen LogP contribution >= 0.6 is 0 Å². The summed E-state index contributed by atoms with van der Waals surface area (Å²) in [6.07, 6.45) is 3.49. The monoisotopic (exact) mass is 432 g/mol. The van der Waals surface area contributed by atoms with Crippen LogP contribution in [0.2, 0.25) is 0 Å². The molecule has 0 saturated heterocycles. The van der Waals surface area contributed by atoms with Crippen molar-refractivity contribution in [2.45, 2.75) is 19.9 Å². The fourth-order valence-corrected chi connectivity index (χ4v) is 3.01. The molecule has 1 aromatic carbocycles. The maximum atomic E-state index is 13.0. The molecule has 168 valence electrons. The van der Waals surface area contributed by atoms with Crippen LogP contribution in [-0.4, -0.2) is 49.9 Å². The Kier molecular flexibility index (Phi) is 8.44. The van der Waals surface area contributed by atoms with Crippen LogP contribution in [0.4, 0.5) is 11.5 Å². The fourth-order valence-electron chi connectivity index (χ4n) is 3.01. The number of aromatic amines is 1. The molecule has 0 aliphatic carbocycles. The lowest BCUT2D eigenvalue weighted by Gasteiger charge is -2.23. The Bertz CT molecular complexity index is 1060. The summed E-state index contributed by atoms with van der Waals surface area (Å²) in [6, 6.07) is 5.17. The number of aromatic nitrogens is 2. The number of nitrogens with zero attached hydrogens (tertiary/aromatic N) is 2. The third-order valence-corrected chi connectivity index (χ3v) is 4.56. The first-order valence-corrected chi connectivity index (χ1v) is 9.71. The number of carbonyl (C=O) groups excluding carboxylic acids is 1. The number of nitrogens with one attached hydrogen (secondary N) is 1. The Labute approximate surface area is 179 Å². The number of H-pyrrole nitrogens is 1. The molecule has 0 atom stereocenters. The standard InChI is InChI=1S/C21H28N4O6/c1-5-10-25-19(22)18(20(27)23-21(25)28)24(11-12-29-2)17(26)9-7-14-6-8-15(30-3)13-16(14)31-4/h6-9,13H,5,10-12,22H2,1-4H3,(H,23,27,28)/b9-7+. The summed E-state index contributed by atoms with van der Waals surface area (Å²) in [5.41, 5.74) is 5.30. The largest absolute Gasteiger partial charge is 0.497 e. The van der Waals surface area contributed by atoms with Crippen LogP contribution in [0.15, 0.2) is 33.9 Å². The molecular formula is C21H28N4O6. The zero-order chi connectivity index (χ0) is 23.0. The van der Waals surface area contributed by atoms with Gasteiger partial charge in [-0.3, -0.25) is 24.0 Å². The highest BCUT2D eigenvalue weighted by atomic mass is 16.5. The van der Waals surface area contributed by atoms with Crippen molar-refractivity contribution < 1.29 is 19.0 Å². The third kappa shape index (κ3) is 5.54. The highest BCUT2D eigenvalue weighted by Crippen LogP contribution is 2.26. The van der Waals surface area contributed by atoms with E-state index in [1.807, 2.05) is 6.92 Å². The van der Waals surface area contributed by atoms with Crippen LogP contribution in [0.3, 0.4) is 0 Å². The number of amides is 1. The summed E-state index contributed by atoms with van der Waals surface area (Å²) in [5.74, 6) is 0.546. The van der Waals surface area contributed by atoms with E-state index in [-0.39, 0.29) is 24.7 Å². The van der Waals surface area contributed by atoms with Gasteiger partial charge in [0.15, 0.2) is 5.69 Å². The molecule has 0 radical (unpaired) electrons. The van der Waals surface area contributed by atoms with E-state index in [9.17, 15) is 14.4 Å². The average molecular weight is 432 g/mol. The summed E-state index contributed by atoms with van der Waals surface area (Å²) >= 11 is 0. The van der Waals surface area contributed by atoms with Crippen LogP contribution < -0.4 is 31.4 Å². The van der Waals surface area contributed by atoms with Crippen LogP contribution in [-0.2, 0) is 16.1 Å². The lowest BCUT2D eigenvalue weighted by molar-refractivity contribution is -0.114. The van der Waals surface area contributed by atoms with Crippen molar-refractivity contribution >= 4 is 23.5 Å². The first-order valence-electron chi connectivity index (χ1n) is 9.71. The summed E-state index contributed by atoms with van der Waals surface area (Å²) < 4.78 is 16.8. The summed E-state index contributed by atoms with van der Waals surface area (Å²) in [4.78, 5) is 41.1. The number of anilines is 2. The number of hydrogen-bond donors (Lipinski definition) is 2. The molecule has 2 rings (SSSR count). The Morgan fingerprint density at radius 3 is 2.58 bits per heavy atom. The van der Waals surface area contributed by atoms with E-state index in [1.54, 1.807) is 31.4 Å². The molecule has 0 unspecified atom stereocenters. The number of methoxy groups -OCH3 is 3. The molecule has 1 aromatic heterocycles. The second kappa shape index (κ2) is 11.0. The van der Waals surface area contributed by atoms with E-state index in [0.29, 0.717) is 30.0 Å². The van der Waals surface area contributed by atoms with Gasteiger partial charge in [-0.05, 0) is 24.6 Å². The van der Waals surface area contributed by atoms with Crippen molar-refractivity contribution in [3.05, 3.63) is 50.7 Å². The van der Waals surface area contributed by atoms with Crippen molar-refractivity contribution in [2.24, 2.45) is 0 Å². The van der Waals surface area contributed by atoms with E-state index < -0.39 is 17.2 Å². The Morgan fingerprint density at radius 1 is 1.23 bits per heavy atom. The molecule has 0 bridgehead atoms. The van der Waals surface area contributed by atoms with Gasteiger partial charge in [0.05, 0.1) is 20.8 Å². The molecule has 0 aliphatic rings. The molecule has 1 amide bonds. The van der Waals surface area contributed by atoms with Gasteiger partial charge in [0.25, 0.3) is 11.5 Å². The van der Waals surface area contributed by atoms with Gasteiger partial charge in [-0.15, -0.1) is 0 Å². The zero-order valence-electron chi connectivity index (χ0n) is 18.1. The van der Waals surface area contributed by atoms with E-state index >= 15 is 0 Å². The minimum Gasteiger partial charge on any atom is -0.497 e. The number of rotatable bonds is 10. The fraction of sp³-hybridized carbons (Fsp3) is 0.381. The van der Waals surface area contributed by atoms with Crippen molar-refractivity contribution in [2.75, 3.05) is 45.1 Å². The maximum Gasteiger partial charge on any atom is 0.330 e. The first kappa shape index (κ1) is 23.7. The number of nitrogens with two attached hydrogens (primary N) is 1. The molecule has 10 heteroatoms. The van der Waals surface area contributed by atoms with E-state index in [0.717, 1.165) is 0 Å². The number of hydrogen-bond acceptors (Lipinski definition) is 7. The van der Waals surface area contributed by atoms with Gasteiger partial charge >= 0.3 is 5.69 Å². The Morgan fingerprint density at radius 2 is 1.97 bits per heavy atom. The van der Waals surface area contributed by atoms with Gasteiger partial charge in [0, 0.05) is 37.9 Å². The molecular weight excluding hydrogens is 404 g/mol. The molecule has 2 aromatic rings. The molecule has 0 saturated carbocycles. The van der Waals surface area contributed by atoms with E-state index in [4.69, 9.17) is 19.9 Å². The van der Waals surface area contributed by atoms with Crippen molar-refractivity contribution in [3.63, 3.8) is 0 Å². The quantitative estimate of drug-likeness (QED) is 0.540. The lowest BCUT2D eigenvalue weighted by Crippen LogP contribution is -2.42. The summed E-state index contributed by atoms with van der Waals surface area (Å²) in [7, 11) is 4.53. The summed E-state index contributed by atoms with van der Waals surface area (Å²) in [5, 5.41) is 0. The smallest absolute Gasteiger partial charge is 0.330 e. The molecule has 0 fully saturated rings. The van der Waals surface area contributed by atoms with E-state index in [1.165, 1.54) is 29.8 Å². The first-order chi connectivity index (χ1) is 14.9. The minimum absolute atomic E-state index is 0.0665. The topological polar surface area (TPSA) is 129 Å². The zero-order valence-corrected chi connectivity index (χ0v) is 18.1. The molecule has 1 heterocycles. The van der Waals surface area contributed by atoms with Gasteiger partial charge in [-0.2, -0.15) is 0 Å². The SMILES string of the molecule is CCCn1c(N)c(N(CCOC)C(=O)/C=C/c2ccc(OC)cc2OC)c(=O)[nH]c1=O. The van der Waals surface area contributed by atoms with Gasteiger partial charge in [0.2, 0.25) is 0 Å². The third-order valence-electron chi connectivity index (χ3n) is 4.56. The molecule has 31 heavy (non-hydrogen) atoms. The predicted octanol–water partition coefficient (Wildman–Crippen LogP) is 1.24. The predicted molar refractivity (Wildman–Crippen MR) is 119 cm³/mol. The minimum atomic E-state index is -0.741. The van der Waals surface area contributed by atoms with E-state index in [2.05, 4.69) is 4.98 Å². The maximum absolute atomic E-state index is 13.0. The second-order valence-electron chi connectivity index (χ2n) is 6.57. The molecule has 0 spiro atoms. The number of benzene rings is 1. The Balaban J connectivity index is 2.47. The van der Waals surface area contributed by atoms with Crippen LogP contribution in [0.25, 0.3) is 6.08 Å². The number of carbonyl (C=O) groups is 1. The normalized spacial score (nSPS) is 11.0. The highest BCUT2D eigenvalue weighted by molar-refractivity contribution is 6.05. The van der Waals surface area contributed by atoms with Gasteiger partial charge in [0.1, 0.15) is 17.3 Å².